The summed E-state index contributed by atoms with van der Waals surface area (Å²) in [5, 5.41) is 3.73. The Morgan fingerprint density at radius 3 is 2.53 bits per heavy atom. The van der Waals surface area contributed by atoms with Gasteiger partial charge in [0.1, 0.15) is 12.3 Å². The fourth-order valence-electron chi connectivity index (χ4n) is 4.10. The fraction of sp³-hybridized carbons (Fsp3) is 0.333. The zero-order chi connectivity index (χ0) is 22.7. The SMILES string of the molecule is Cc1ncccc1-c1ccc(N2CCCC(C=O)N2NC2=CC=C(C(F)(F)F)CC2)cc1. The normalized spacial score (nSPS) is 19.9. The number of anilines is 1. The number of carbonyl (C=O) groups excluding carboxylic acids is 1. The highest BCUT2D eigenvalue weighted by molar-refractivity contribution is 5.68. The molecule has 1 aromatic carbocycles. The summed E-state index contributed by atoms with van der Waals surface area (Å²) in [6.45, 7) is 2.66. The topological polar surface area (TPSA) is 48.5 Å². The molecule has 0 radical (unpaired) electrons. The molecule has 0 saturated carbocycles. The molecule has 32 heavy (non-hydrogen) atoms. The van der Waals surface area contributed by atoms with Crippen molar-refractivity contribution in [2.75, 3.05) is 11.6 Å². The van der Waals surface area contributed by atoms with E-state index >= 15 is 0 Å². The number of rotatable bonds is 5. The summed E-state index contributed by atoms with van der Waals surface area (Å²) in [5.74, 6) is 0. The number of aromatic nitrogens is 1. The van der Waals surface area contributed by atoms with E-state index in [4.69, 9.17) is 0 Å². The van der Waals surface area contributed by atoms with Crippen LogP contribution in [-0.2, 0) is 4.79 Å². The summed E-state index contributed by atoms with van der Waals surface area (Å²) in [5.41, 5.74) is 7.26. The van der Waals surface area contributed by atoms with Gasteiger partial charge in [-0.25, -0.2) is 0 Å². The van der Waals surface area contributed by atoms with Crippen molar-refractivity contribution in [3.63, 3.8) is 0 Å². The van der Waals surface area contributed by atoms with E-state index in [0.717, 1.165) is 41.3 Å². The molecule has 8 heteroatoms. The molecule has 1 aliphatic carbocycles. The Labute approximate surface area is 185 Å². The number of hydrogen-bond donors (Lipinski definition) is 1. The van der Waals surface area contributed by atoms with E-state index in [1.807, 2.05) is 48.3 Å². The minimum absolute atomic E-state index is 0.0823. The summed E-state index contributed by atoms with van der Waals surface area (Å²) in [7, 11) is 0. The summed E-state index contributed by atoms with van der Waals surface area (Å²) in [4.78, 5) is 16.1. The van der Waals surface area contributed by atoms with E-state index < -0.39 is 17.8 Å². The number of pyridine rings is 1. The number of hydrogen-bond acceptors (Lipinski definition) is 5. The third-order valence-corrected chi connectivity index (χ3v) is 5.86. The average Bonchev–Trinajstić information content (AvgIpc) is 2.79. The van der Waals surface area contributed by atoms with E-state index in [1.54, 1.807) is 11.3 Å². The fourth-order valence-corrected chi connectivity index (χ4v) is 4.10. The Morgan fingerprint density at radius 1 is 1.12 bits per heavy atom. The standard InChI is InChI=1S/C24H25F3N4O/c1-17-23(5-2-14-28-17)18-6-12-21(13-7-18)30-15-3-4-22(16-32)31(30)29-20-10-8-19(9-11-20)24(25,26)27/h2,5-8,10,12-14,16,22,29H,3-4,9,11,15H2,1H3. The molecule has 1 unspecified atom stereocenters. The number of alkyl halides is 3. The Morgan fingerprint density at radius 2 is 1.91 bits per heavy atom. The van der Waals surface area contributed by atoms with Crippen LogP contribution in [0.2, 0.25) is 0 Å². The van der Waals surface area contributed by atoms with Crippen molar-refractivity contribution in [2.45, 2.75) is 44.8 Å². The zero-order valence-corrected chi connectivity index (χ0v) is 17.8. The molecule has 0 amide bonds. The van der Waals surface area contributed by atoms with E-state index in [0.29, 0.717) is 18.7 Å². The quantitative estimate of drug-likeness (QED) is 0.652. The lowest BCUT2D eigenvalue weighted by Crippen LogP contribution is -2.59. The van der Waals surface area contributed by atoms with Crippen LogP contribution in [0.3, 0.4) is 0 Å². The summed E-state index contributed by atoms with van der Waals surface area (Å²) < 4.78 is 38.8. The Balaban J connectivity index is 1.57. The number of carbonyl (C=O) groups is 1. The molecule has 2 aliphatic rings. The monoisotopic (exact) mass is 442 g/mol. The average molecular weight is 442 g/mol. The predicted molar refractivity (Wildman–Crippen MR) is 117 cm³/mol. The third-order valence-electron chi connectivity index (χ3n) is 5.86. The number of benzene rings is 1. The van der Waals surface area contributed by atoms with Crippen molar-refractivity contribution in [3.8, 4) is 11.1 Å². The second-order valence-corrected chi connectivity index (χ2v) is 7.99. The van der Waals surface area contributed by atoms with E-state index in [9.17, 15) is 18.0 Å². The van der Waals surface area contributed by atoms with E-state index in [2.05, 4.69) is 10.4 Å². The van der Waals surface area contributed by atoms with E-state index in [-0.39, 0.29) is 12.8 Å². The van der Waals surface area contributed by atoms with Crippen molar-refractivity contribution in [1.29, 1.82) is 0 Å². The summed E-state index contributed by atoms with van der Waals surface area (Å²) in [6.07, 6.45) is 2.57. The van der Waals surface area contributed by atoms with Gasteiger partial charge in [-0.3, -0.25) is 9.99 Å². The molecular formula is C24H25F3N4O. The van der Waals surface area contributed by atoms with Gasteiger partial charge in [-0.15, -0.1) is 5.12 Å². The molecule has 1 aliphatic heterocycles. The van der Waals surface area contributed by atoms with Gasteiger partial charge in [-0.2, -0.15) is 13.2 Å². The van der Waals surface area contributed by atoms with Crippen LogP contribution in [-0.4, -0.2) is 35.2 Å². The lowest BCUT2D eigenvalue weighted by atomic mass is 10.0. The smallest absolute Gasteiger partial charge is 0.305 e. The molecule has 1 fully saturated rings. The first-order valence-electron chi connectivity index (χ1n) is 10.6. The van der Waals surface area contributed by atoms with Crippen molar-refractivity contribution in [3.05, 3.63) is 71.7 Å². The second kappa shape index (κ2) is 9.16. The minimum atomic E-state index is -4.31. The minimum Gasteiger partial charge on any atom is -0.305 e. The van der Waals surface area contributed by atoms with E-state index in [1.165, 1.54) is 6.08 Å². The number of nitrogens with zero attached hydrogens (tertiary/aromatic N) is 3. The highest BCUT2D eigenvalue weighted by Gasteiger charge is 2.35. The van der Waals surface area contributed by atoms with Gasteiger partial charge in [-0.05, 0) is 62.4 Å². The first-order valence-corrected chi connectivity index (χ1v) is 10.6. The van der Waals surface area contributed by atoms with Gasteiger partial charge in [0.05, 0.1) is 5.69 Å². The molecule has 0 bridgehead atoms. The third kappa shape index (κ3) is 4.70. The number of halogens is 3. The Hall–Kier alpha value is -3.13. The molecule has 0 spiro atoms. The van der Waals surface area contributed by atoms with Crippen LogP contribution in [0.1, 0.15) is 31.4 Å². The zero-order valence-electron chi connectivity index (χ0n) is 17.8. The molecule has 2 aromatic rings. The maximum absolute atomic E-state index is 12.9. The van der Waals surface area contributed by atoms with Crippen molar-refractivity contribution >= 4 is 12.0 Å². The Bertz CT molecular complexity index is 1030. The van der Waals surface area contributed by atoms with Gasteiger partial charge in [-0.1, -0.05) is 24.3 Å². The maximum atomic E-state index is 12.9. The number of aldehydes is 1. The maximum Gasteiger partial charge on any atom is 0.412 e. The van der Waals surface area contributed by atoms with Crippen LogP contribution in [0, 0.1) is 6.92 Å². The highest BCUT2D eigenvalue weighted by Crippen LogP contribution is 2.33. The predicted octanol–water partition coefficient (Wildman–Crippen LogP) is 5.11. The first kappa shape index (κ1) is 22.1. The number of aryl methyl sites for hydroxylation is 1. The van der Waals surface area contributed by atoms with Gasteiger partial charge in [0.15, 0.2) is 0 Å². The van der Waals surface area contributed by atoms with Crippen molar-refractivity contribution in [2.24, 2.45) is 0 Å². The van der Waals surface area contributed by atoms with Gasteiger partial charge >= 0.3 is 6.18 Å². The molecular weight excluding hydrogens is 417 g/mol. The lowest BCUT2D eigenvalue weighted by Gasteiger charge is -2.44. The highest BCUT2D eigenvalue weighted by atomic mass is 19.4. The number of hydrazine groups is 2. The lowest BCUT2D eigenvalue weighted by molar-refractivity contribution is -0.114. The van der Waals surface area contributed by atoms with Gasteiger partial charge in [0, 0.05) is 35.3 Å². The molecule has 2 heterocycles. The van der Waals surface area contributed by atoms with Crippen molar-refractivity contribution < 1.29 is 18.0 Å². The molecule has 1 aromatic heterocycles. The Kier molecular flexibility index (Phi) is 6.32. The van der Waals surface area contributed by atoms with Gasteiger partial charge in [0.2, 0.25) is 0 Å². The van der Waals surface area contributed by atoms with Crippen LogP contribution in [0.5, 0.6) is 0 Å². The van der Waals surface area contributed by atoms with Gasteiger partial charge < -0.3 is 10.2 Å². The van der Waals surface area contributed by atoms with Crippen LogP contribution < -0.4 is 10.4 Å². The van der Waals surface area contributed by atoms with Crippen LogP contribution in [0.15, 0.2) is 66.0 Å². The molecule has 1 atom stereocenters. The first-order chi connectivity index (χ1) is 15.4. The molecule has 1 N–H and O–H groups in total. The van der Waals surface area contributed by atoms with Crippen LogP contribution in [0.25, 0.3) is 11.1 Å². The number of nitrogens with one attached hydrogen (secondary N) is 1. The second-order valence-electron chi connectivity index (χ2n) is 7.99. The summed E-state index contributed by atoms with van der Waals surface area (Å²) >= 11 is 0. The molecule has 1 saturated heterocycles. The van der Waals surface area contributed by atoms with Crippen LogP contribution >= 0.6 is 0 Å². The number of allylic oxidation sites excluding steroid dienone is 4. The largest absolute Gasteiger partial charge is 0.412 e. The molecule has 4 rings (SSSR count). The van der Waals surface area contributed by atoms with Crippen LogP contribution in [0.4, 0.5) is 18.9 Å². The molecule has 5 nitrogen and oxygen atoms in total. The summed E-state index contributed by atoms with van der Waals surface area (Å²) in [6, 6.07) is 11.5. The molecule has 168 valence electrons. The van der Waals surface area contributed by atoms with Crippen molar-refractivity contribution in [1.82, 2.24) is 15.5 Å². The van der Waals surface area contributed by atoms with Gasteiger partial charge in [0.25, 0.3) is 0 Å².